The highest BCUT2D eigenvalue weighted by molar-refractivity contribution is 6.07. The van der Waals surface area contributed by atoms with Crippen molar-refractivity contribution in [3.63, 3.8) is 0 Å². The SMILES string of the molecule is COC(=O)CNC(=O)c1cn(CC(C)C)c(=O)c2ccccc12. The van der Waals surface area contributed by atoms with E-state index < -0.39 is 11.9 Å². The third-order valence-corrected chi connectivity index (χ3v) is 3.42. The molecule has 6 heteroatoms. The molecule has 2 aromatic rings. The number of esters is 1. The van der Waals surface area contributed by atoms with E-state index in [-0.39, 0.29) is 18.0 Å². The molecular weight excluding hydrogens is 296 g/mol. The topological polar surface area (TPSA) is 77.4 Å². The van der Waals surface area contributed by atoms with E-state index in [2.05, 4.69) is 10.1 Å². The average molecular weight is 316 g/mol. The lowest BCUT2D eigenvalue weighted by molar-refractivity contribution is -0.139. The summed E-state index contributed by atoms with van der Waals surface area (Å²) in [6.07, 6.45) is 1.55. The fourth-order valence-electron chi connectivity index (χ4n) is 2.37. The Morgan fingerprint density at radius 3 is 2.48 bits per heavy atom. The first-order valence-electron chi connectivity index (χ1n) is 7.41. The molecular formula is C17H20N2O4. The second-order valence-electron chi connectivity index (χ2n) is 5.70. The van der Waals surface area contributed by atoms with Crippen LogP contribution in [-0.2, 0) is 16.1 Å². The van der Waals surface area contributed by atoms with Crippen LogP contribution in [0.1, 0.15) is 24.2 Å². The van der Waals surface area contributed by atoms with Gasteiger partial charge in [0.25, 0.3) is 11.5 Å². The van der Waals surface area contributed by atoms with Gasteiger partial charge in [-0.3, -0.25) is 14.4 Å². The summed E-state index contributed by atoms with van der Waals surface area (Å²) >= 11 is 0. The molecule has 0 fully saturated rings. The second-order valence-corrected chi connectivity index (χ2v) is 5.70. The lowest BCUT2D eigenvalue weighted by Gasteiger charge is -2.13. The standard InChI is InChI=1S/C17H20N2O4/c1-11(2)9-19-10-14(16(21)18-8-15(20)23-3)12-6-4-5-7-13(12)17(19)22/h4-7,10-11H,8-9H2,1-3H3,(H,18,21). The van der Waals surface area contributed by atoms with Gasteiger partial charge in [0, 0.05) is 23.5 Å². The van der Waals surface area contributed by atoms with E-state index in [4.69, 9.17) is 0 Å². The molecule has 0 atom stereocenters. The first-order chi connectivity index (χ1) is 10.9. The summed E-state index contributed by atoms with van der Waals surface area (Å²) < 4.78 is 6.05. The number of methoxy groups -OCH3 is 1. The summed E-state index contributed by atoms with van der Waals surface area (Å²) in [4.78, 5) is 36.1. The van der Waals surface area contributed by atoms with Crippen LogP contribution >= 0.6 is 0 Å². The molecule has 0 aliphatic rings. The van der Waals surface area contributed by atoms with Crippen LogP contribution in [0.2, 0.25) is 0 Å². The molecule has 0 saturated carbocycles. The number of ether oxygens (including phenoxy) is 1. The Morgan fingerprint density at radius 1 is 1.22 bits per heavy atom. The van der Waals surface area contributed by atoms with Crippen LogP contribution in [-0.4, -0.2) is 30.1 Å². The minimum atomic E-state index is -0.529. The fourth-order valence-corrected chi connectivity index (χ4v) is 2.37. The number of nitrogens with one attached hydrogen (secondary N) is 1. The first-order valence-corrected chi connectivity index (χ1v) is 7.41. The van der Waals surface area contributed by atoms with Gasteiger partial charge in [0.2, 0.25) is 0 Å². The number of amides is 1. The fraction of sp³-hybridized carbons (Fsp3) is 0.353. The third kappa shape index (κ3) is 3.77. The highest BCUT2D eigenvalue weighted by Crippen LogP contribution is 2.16. The lowest BCUT2D eigenvalue weighted by atomic mass is 10.1. The van der Waals surface area contributed by atoms with Gasteiger partial charge in [-0.1, -0.05) is 32.0 Å². The molecule has 0 radical (unpaired) electrons. The van der Waals surface area contributed by atoms with E-state index in [0.29, 0.717) is 22.9 Å². The predicted molar refractivity (Wildman–Crippen MR) is 87.4 cm³/mol. The van der Waals surface area contributed by atoms with Gasteiger partial charge in [-0.15, -0.1) is 0 Å². The summed E-state index contributed by atoms with van der Waals surface area (Å²) in [7, 11) is 1.26. The summed E-state index contributed by atoms with van der Waals surface area (Å²) in [5, 5.41) is 3.57. The Labute approximate surface area is 134 Å². The number of fused-ring (bicyclic) bond motifs is 1. The zero-order chi connectivity index (χ0) is 17.0. The van der Waals surface area contributed by atoms with Gasteiger partial charge in [-0.2, -0.15) is 0 Å². The summed E-state index contributed by atoms with van der Waals surface area (Å²) in [5.74, 6) is -0.679. The number of carbonyl (C=O) groups excluding carboxylic acids is 2. The van der Waals surface area contributed by atoms with Crippen LogP contribution < -0.4 is 10.9 Å². The number of benzene rings is 1. The Balaban J connectivity index is 2.49. The van der Waals surface area contributed by atoms with Crippen LogP contribution in [0.3, 0.4) is 0 Å². The maximum atomic E-state index is 12.5. The molecule has 0 saturated heterocycles. The van der Waals surface area contributed by atoms with Gasteiger partial charge in [-0.25, -0.2) is 0 Å². The average Bonchev–Trinajstić information content (AvgIpc) is 2.54. The molecule has 2 rings (SSSR count). The van der Waals surface area contributed by atoms with Crippen molar-refractivity contribution >= 4 is 22.6 Å². The minimum absolute atomic E-state index is 0.126. The van der Waals surface area contributed by atoms with Crippen LogP contribution in [0.4, 0.5) is 0 Å². The van der Waals surface area contributed by atoms with Crippen LogP contribution in [0.25, 0.3) is 10.8 Å². The van der Waals surface area contributed by atoms with Crippen molar-refractivity contribution in [3.8, 4) is 0 Å². The second kappa shape index (κ2) is 7.09. The molecule has 1 amide bonds. The molecule has 0 spiro atoms. The van der Waals surface area contributed by atoms with Crippen LogP contribution in [0, 0.1) is 5.92 Å². The van der Waals surface area contributed by atoms with Crippen LogP contribution in [0.15, 0.2) is 35.3 Å². The van der Waals surface area contributed by atoms with E-state index in [1.54, 1.807) is 35.0 Å². The Kier molecular flexibility index (Phi) is 5.16. The Bertz CT molecular complexity index is 793. The number of carbonyl (C=O) groups is 2. The Morgan fingerprint density at radius 2 is 1.87 bits per heavy atom. The van der Waals surface area contributed by atoms with Gasteiger partial charge >= 0.3 is 5.97 Å². The molecule has 1 heterocycles. The van der Waals surface area contributed by atoms with Crippen molar-refractivity contribution in [1.29, 1.82) is 0 Å². The monoisotopic (exact) mass is 316 g/mol. The predicted octanol–water partition coefficient (Wildman–Crippen LogP) is 1.56. The Hall–Kier alpha value is -2.63. The number of rotatable bonds is 5. The van der Waals surface area contributed by atoms with Crippen molar-refractivity contribution in [3.05, 3.63) is 46.4 Å². The van der Waals surface area contributed by atoms with Crippen molar-refractivity contribution in [1.82, 2.24) is 9.88 Å². The largest absolute Gasteiger partial charge is 0.468 e. The van der Waals surface area contributed by atoms with E-state index in [9.17, 15) is 14.4 Å². The quantitative estimate of drug-likeness (QED) is 0.849. The number of nitrogens with zero attached hydrogens (tertiary/aromatic N) is 1. The number of aromatic nitrogens is 1. The van der Waals surface area contributed by atoms with Gasteiger partial charge in [-0.05, 0) is 12.0 Å². The highest BCUT2D eigenvalue weighted by atomic mass is 16.5. The zero-order valence-corrected chi connectivity index (χ0v) is 13.5. The molecule has 6 nitrogen and oxygen atoms in total. The van der Waals surface area contributed by atoms with E-state index >= 15 is 0 Å². The molecule has 122 valence electrons. The summed E-state index contributed by atoms with van der Waals surface area (Å²) in [6.45, 7) is 4.30. The summed E-state index contributed by atoms with van der Waals surface area (Å²) in [5.41, 5.74) is 0.239. The van der Waals surface area contributed by atoms with E-state index in [1.165, 1.54) is 7.11 Å². The molecule has 1 N–H and O–H groups in total. The minimum Gasteiger partial charge on any atom is -0.468 e. The molecule has 0 bridgehead atoms. The van der Waals surface area contributed by atoms with Gasteiger partial charge in [0.1, 0.15) is 6.54 Å². The number of hydrogen-bond donors (Lipinski definition) is 1. The number of hydrogen-bond acceptors (Lipinski definition) is 4. The van der Waals surface area contributed by atoms with E-state index in [1.807, 2.05) is 13.8 Å². The molecule has 1 aromatic carbocycles. The smallest absolute Gasteiger partial charge is 0.325 e. The maximum Gasteiger partial charge on any atom is 0.325 e. The van der Waals surface area contributed by atoms with E-state index in [0.717, 1.165) is 0 Å². The van der Waals surface area contributed by atoms with Gasteiger partial charge in [0.15, 0.2) is 0 Å². The normalized spacial score (nSPS) is 10.8. The van der Waals surface area contributed by atoms with Crippen molar-refractivity contribution in [2.45, 2.75) is 20.4 Å². The van der Waals surface area contributed by atoms with Crippen molar-refractivity contribution < 1.29 is 14.3 Å². The zero-order valence-electron chi connectivity index (χ0n) is 13.5. The van der Waals surface area contributed by atoms with Crippen LogP contribution in [0.5, 0.6) is 0 Å². The first kappa shape index (κ1) is 16.7. The summed E-state index contributed by atoms with van der Waals surface area (Å²) in [6, 6.07) is 6.96. The molecule has 0 aliphatic heterocycles. The van der Waals surface area contributed by atoms with Gasteiger partial charge < -0.3 is 14.6 Å². The third-order valence-electron chi connectivity index (χ3n) is 3.42. The highest BCUT2D eigenvalue weighted by Gasteiger charge is 2.15. The van der Waals surface area contributed by atoms with Crippen molar-refractivity contribution in [2.75, 3.05) is 13.7 Å². The lowest BCUT2D eigenvalue weighted by Crippen LogP contribution is -2.32. The molecule has 23 heavy (non-hydrogen) atoms. The molecule has 0 unspecified atom stereocenters. The maximum absolute atomic E-state index is 12.5. The van der Waals surface area contributed by atoms with Crippen molar-refractivity contribution in [2.24, 2.45) is 5.92 Å². The molecule has 1 aromatic heterocycles. The molecule has 0 aliphatic carbocycles. The van der Waals surface area contributed by atoms with Gasteiger partial charge in [0.05, 0.1) is 12.7 Å². The number of pyridine rings is 1.